The Morgan fingerprint density at radius 1 is 1.24 bits per heavy atom. The fourth-order valence-electron chi connectivity index (χ4n) is 1.93. The molecular formula is C11H22N2O3S. The van der Waals surface area contributed by atoms with Gasteiger partial charge in [-0.3, -0.25) is 4.79 Å². The van der Waals surface area contributed by atoms with Crippen molar-refractivity contribution < 1.29 is 13.2 Å². The Balaban J connectivity index is 2.62. The van der Waals surface area contributed by atoms with Crippen LogP contribution in [0.25, 0.3) is 0 Å². The van der Waals surface area contributed by atoms with Crippen LogP contribution in [0.4, 0.5) is 0 Å². The molecule has 1 aliphatic rings. The number of carbonyl (C=O) groups is 1. The van der Waals surface area contributed by atoms with Gasteiger partial charge in [0.25, 0.3) is 0 Å². The van der Waals surface area contributed by atoms with Crippen LogP contribution in [0.15, 0.2) is 0 Å². The lowest BCUT2D eigenvalue weighted by Crippen LogP contribution is -2.39. The topological polar surface area (TPSA) is 57.7 Å². The molecule has 0 spiro atoms. The summed E-state index contributed by atoms with van der Waals surface area (Å²) in [5.41, 5.74) is 0. The second-order valence-corrected chi connectivity index (χ2v) is 6.63. The standard InChI is InChI=1S/C11H22N2O3S/c1-4-10(2)11(14)12-6-5-7-13(9-8-12)17(3,15)16/h10H,4-9H2,1-3H3/t10-/m0/s1. The Labute approximate surface area is 104 Å². The van der Waals surface area contributed by atoms with Crippen LogP contribution in [-0.2, 0) is 14.8 Å². The van der Waals surface area contributed by atoms with Crippen molar-refractivity contribution >= 4 is 15.9 Å². The molecule has 1 atom stereocenters. The number of rotatable bonds is 3. The van der Waals surface area contributed by atoms with E-state index in [1.54, 1.807) is 4.90 Å². The maximum Gasteiger partial charge on any atom is 0.225 e. The van der Waals surface area contributed by atoms with Crippen molar-refractivity contribution in [3.63, 3.8) is 0 Å². The molecule has 1 amide bonds. The van der Waals surface area contributed by atoms with Crippen molar-refractivity contribution in [2.45, 2.75) is 26.7 Å². The van der Waals surface area contributed by atoms with Crippen LogP contribution < -0.4 is 0 Å². The van der Waals surface area contributed by atoms with Gasteiger partial charge in [0, 0.05) is 32.1 Å². The normalized spacial score (nSPS) is 21.0. The van der Waals surface area contributed by atoms with Gasteiger partial charge in [-0.15, -0.1) is 0 Å². The molecule has 0 unspecified atom stereocenters. The average Bonchev–Trinajstić information content (AvgIpc) is 2.51. The minimum absolute atomic E-state index is 0.0276. The highest BCUT2D eigenvalue weighted by molar-refractivity contribution is 7.88. The first kappa shape index (κ1) is 14.4. The molecule has 0 bridgehead atoms. The third kappa shape index (κ3) is 3.96. The first-order valence-electron chi connectivity index (χ1n) is 6.10. The quantitative estimate of drug-likeness (QED) is 0.745. The highest BCUT2D eigenvalue weighted by Gasteiger charge is 2.25. The van der Waals surface area contributed by atoms with Crippen LogP contribution in [-0.4, -0.2) is 56.0 Å². The van der Waals surface area contributed by atoms with Gasteiger partial charge in [-0.2, -0.15) is 0 Å². The van der Waals surface area contributed by atoms with E-state index in [-0.39, 0.29) is 11.8 Å². The predicted octanol–water partition coefficient (Wildman–Crippen LogP) is 0.526. The summed E-state index contributed by atoms with van der Waals surface area (Å²) in [5, 5.41) is 0. The van der Waals surface area contributed by atoms with Gasteiger partial charge in [-0.1, -0.05) is 13.8 Å². The molecule has 0 saturated carbocycles. The molecule has 1 rings (SSSR count). The summed E-state index contributed by atoms with van der Waals surface area (Å²) in [6, 6.07) is 0. The molecule has 6 heteroatoms. The Morgan fingerprint density at radius 3 is 2.41 bits per heavy atom. The lowest BCUT2D eigenvalue weighted by atomic mass is 10.1. The number of sulfonamides is 1. The number of hydrogen-bond acceptors (Lipinski definition) is 3. The first-order chi connectivity index (χ1) is 7.86. The van der Waals surface area contributed by atoms with Crippen LogP contribution in [0.3, 0.4) is 0 Å². The lowest BCUT2D eigenvalue weighted by Gasteiger charge is -2.23. The number of nitrogens with zero attached hydrogens (tertiary/aromatic N) is 2. The van der Waals surface area contributed by atoms with Crippen molar-refractivity contribution in [1.29, 1.82) is 0 Å². The Bertz CT molecular complexity index is 367. The van der Waals surface area contributed by atoms with Crippen molar-refractivity contribution in [3.8, 4) is 0 Å². The number of carbonyl (C=O) groups excluding carboxylic acids is 1. The first-order valence-corrected chi connectivity index (χ1v) is 7.95. The molecule has 1 fully saturated rings. The van der Waals surface area contributed by atoms with Crippen molar-refractivity contribution in [1.82, 2.24) is 9.21 Å². The molecule has 0 aromatic carbocycles. The Hall–Kier alpha value is -0.620. The van der Waals surface area contributed by atoms with Gasteiger partial charge in [0.1, 0.15) is 0 Å². The van der Waals surface area contributed by atoms with Gasteiger partial charge in [0.15, 0.2) is 0 Å². The molecule has 1 heterocycles. The van der Waals surface area contributed by atoms with Gasteiger partial charge in [0.05, 0.1) is 6.26 Å². The Morgan fingerprint density at radius 2 is 1.88 bits per heavy atom. The molecule has 0 aliphatic carbocycles. The summed E-state index contributed by atoms with van der Waals surface area (Å²) < 4.78 is 24.3. The molecule has 0 radical (unpaired) electrons. The zero-order valence-corrected chi connectivity index (χ0v) is 11.7. The molecule has 1 saturated heterocycles. The van der Waals surface area contributed by atoms with Crippen molar-refractivity contribution in [3.05, 3.63) is 0 Å². The molecular weight excluding hydrogens is 240 g/mol. The van der Waals surface area contributed by atoms with Gasteiger partial charge in [-0.25, -0.2) is 12.7 Å². The van der Waals surface area contributed by atoms with E-state index in [2.05, 4.69) is 0 Å². The van der Waals surface area contributed by atoms with Gasteiger partial charge >= 0.3 is 0 Å². The maximum absolute atomic E-state index is 12.0. The second-order valence-electron chi connectivity index (χ2n) is 4.65. The van der Waals surface area contributed by atoms with Crippen molar-refractivity contribution in [2.75, 3.05) is 32.4 Å². The SMILES string of the molecule is CC[C@H](C)C(=O)N1CCCN(S(C)(=O)=O)CC1. The molecule has 1 aliphatic heterocycles. The fourth-order valence-corrected chi connectivity index (χ4v) is 2.81. The van der Waals surface area contributed by atoms with Crippen LogP contribution >= 0.6 is 0 Å². The minimum Gasteiger partial charge on any atom is -0.341 e. The summed E-state index contributed by atoms with van der Waals surface area (Å²) in [6.45, 7) is 6.01. The molecule has 100 valence electrons. The smallest absolute Gasteiger partial charge is 0.225 e. The average molecular weight is 262 g/mol. The fraction of sp³-hybridized carbons (Fsp3) is 0.909. The summed E-state index contributed by atoms with van der Waals surface area (Å²) in [6.07, 6.45) is 2.76. The van der Waals surface area contributed by atoms with Crippen molar-refractivity contribution in [2.24, 2.45) is 5.92 Å². The van der Waals surface area contributed by atoms with Crippen LogP contribution in [0, 0.1) is 5.92 Å². The molecule has 5 nitrogen and oxygen atoms in total. The summed E-state index contributed by atoms with van der Waals surface area (Å²) in [7, 11) is -3.13. The zero-order chi connectivity index (χ0) is 13.1. The van der Waals surface area contributed by atoms with E-state index in [1.165, 1.54) is 10.6 Å². The third-order valence-electron chi connectivity index (χ3n) is 3.27. The van der Waals surface area contributed by atoms with E-state index >= 15 is 0 Å². The molecule has 0 aromatic heterocycles. The second kappa shape index (κ2) is 5.82. The van der Waals surface area contributed by atoms with Gasteiger partial charge in [0.2, 0.25) is 15.9 Å². The van der Waals surface area contributed by atoms with E-state index in [4.69, 9.17) is 0 Å². The maximum atomic E-state index is 12.0. The predicted molar refractivity (Wildman–Crippen MR) is 67.1 cm³/mol. The Kier molecular flexibility index (Phi) is 4.94. The number of hydrogen-bond donors (Lipinski definition) is 0. The minimum atomic E-state index is -3.13. The van der Waals surface area contributed by atoms with Gasteiger partial charge in [-0.05, 0) is 12.8 Å². The number of amides is 1. The highest BCUT2D eigenvalue weighted by Crippen LogP contribution is 2.11. The third-order valence-corrected chi connectivity index (χ3v) is 4.57. The summed E-state index contributed by atoms with van der Waals surface area (Å²) in [5.74, 6) is 0.169. The van der Waals surface area contributed by atoms with Gasteiger partial charge < -0.3 is 4.90 Å². The molecule has 17 heavy (non-hydrogen) atoms. The van der Waals surface area contributed by atoms with E-state index in [9.17, 15) is 13.2 Å². The van der Waals surface area contributed by atoms with Crippen LogP contribution in [0.5, 0.6) is 0 Å². The van der Waals surface area contributed by atoms with Crippen LogP contribution in [0.2, 0.25) is 0 Å². The van der Waals surface area contributed by atoms with E-state index in [0.29, 0.717) is 26.2 Å². The van der Waals surface area contributed by atoms with E-state index in [1.807, 2.05) is 13.8 Å². The highest BCUT2D eigenvalue weighted by atomic mass is 32.2. The molecule has 0 N–H and O–H groups in total. The van der Waals surface area contributed by atoms with E-state index in [0.717, 1.165) is 12.8 Å². The largest absolute Gasteiger partial charge is 0.341 e. The zero-order valence-electron chi connectivity index (χ0n) is 10.8. The van der Waals surface area contributed by atoms with Crippen LogP contribution in [0.1, 0.15) is 26.7 Å². The summed E-state index contributed by atoms with van der Waals surface area (Å²) in [4.78, 5) is 13.8. The lowest BCUT2D eigenvalue weighted by molar-refractivity contribution is -0.134. The molecule has 0 aromatic rings. The summed E-state index contributed by atoms with van der Waals surface area (Å²) >= 11 is 0. The monoisotopic (exact) mass is 262 g/mol. The van der Waals surface area contributed by atoms with E-state index < -0.39 is 10.0 Å².